The molecule has 1 aliphatic heterocycles. The van der Waals surface area contributed by atoms with Crippen molar-refractivity contribution in [3.05, 3.63) is 29.8 Å². The largest absolute Gasteiger partial charge is 0.368 e. The minimum atomic E-state index is 0.956. The van der Waals surface area contributed by atoms with E-state index in [2.05, 4.69) is 36.1 Å². The molecule has 1 heterocycles. The maximum absolute atomic E-state index is 7.18. The third-order valence-electron chi connectivity index (χ3n) is 2.90. The topological polar surface area (TPSA) is 30.3 Å². The number of benzene rings is 1. The van der Waals surface area contributed by atoms with Gasteiger partial charge in [0.25, 0.3) is 0 Å². The molecule has 0 spiro atoms. The normalized spacial score (nSPS) is 16.6. The third-order valence-corrected chi connectivity index (χ3v) is 2.90. The average molecular weight is 203 g/mol. The van der Waals surface area contributed by atoms with Gasteiger partial charge in [0, 0.05) is 31.9 Å². The molecule has 80 valence electrons. The van der Waals surface area contributed by atoms with E-state index in [1.54, 1.807) is 0 Å². The van der Waals surface area contributed by atoms with E-state index in [0.29, 0.717) is 0 Å². The molecule has 0 radical (unpaired) electrons. The second-order valence-electron chi connectivity index (χ2n) is 3.99. The average Bonchev–Trinajstić information content (AvgIpc) is 2.30. The molecule has 1 N–H and O–H groups in total. The number of nitrogens with one attached hydrogen (secondary N) is 1. The zero-order chi connectivity index (χ0) is 10.7. The highest BCUT2D eigenvalue weighted by atomic mass is 15.3. The summed E-state index contributed by atoms with van der Waals surface area (Å²) in [6.45, 7) is 6.04. The predicted octanol–water partition coefficient (Wildman–Crippen LogP) is 1.72. The summed E-state index contributed by atoms with van der Waals surface area (Å²) in [5, 5.41) is 7.18. The summed E-state index contributed by atoms with van der Waals surface area (Å²) in [6.07, 6.45) is 1.44. The van der Waals surface area contributed by atoms with Gasteiger partial charge in [-0.2, -0.15) is 0 Å². The van der Waals surface area contributed by atoms with Crippen LogP contribution in [0.5, 0.6) is 0 Å². The summed E-state index contributed by atoms with van der Waals surface area (Å²) in [4.78, 5) is 4.42. The summed E-state index contributed by atoms with van der Waals surface area (Å²) < 4.78 is 0. The van der Waals surface area contributed by atoms with Crippen molar-refractivity contribution in [2.75, 3.05) is 31.1 Å². The molecule has 1 aliphatic rings. The van der Waals surface area contributed by atoms with Crippen LogP contribution in [-0.2, 0) is 0 Å². The molecule has 0 aromatic heterocycles. The summed E-state index contributed by atoms with van der Waals surface area (Å²) >= 11 is 0. The Kier molecular flexibility index (Phi) is 2.90. The first-order valence-corrected chi connectivity index (χ1v) is 5.36. The van der Waals surface area contributed by atoms with Gasteiger partial charge >= 0.3 is 0 Å². The highest BCUT2D eigenvalue weighted by Crippen LogP contribution is 2.16. The zero-order valence-corrected chi connectivity index (χ0v) is 9.11. The third kappa shape index (κ3) is 2.29. The Morgan fingerprint density at radius 1 is 1.07 bits per heavy atom. The van der Waals surface area contributed by atoms with Gasteiger partial charge in [0.05, 0.1) is 6.34 Å². The lowest BCUT2D eigenvalue weighted by atomic mass is 10.2. The fourth-order valence-electron chi connectivity index (χ4n) is 1.86. The molecular formula is C12H17N3. The van der Waals surface area contributed by atoms with Crippen molar-refractivity contribution in [2.45, 2.75) is 6.92 Å². The number of aryl methyl sites for hydroxylation is 1. The van der Waals surface area contributed by atoms with E-state index in [0.717, 1.165) is 26.2 Å². The molecule has 3 heteroatoms. The number of anilines is 1. The number of piperazine rings is 1. The SMILES string of the molecule is Cc1ccc(N2CCN(C=N)CC2)cc1. The number of rotatable bonds is 2. The van der Waals surface area contributed by atoms with Gasteiger partial charge in [0.15, 0.2) is 0 Å². The molecule has 0 atom stereocenters. The highest BCUT2D eigenvalue weighted by Gasteiger charge is 2.14. The Labute approximate surface area is 90.8 Å². The first-order chi connectivity index (χ1) is 7.29. The lowest BCUT2D eigenvalue weighted by Gasteiger charge is -2.34. The molecule has 0 saturated carbocycles. The summed E-state index contributed by atoms with van der Waals surface area (Å²) in [5.74, 6) is 0. The van der Waals surface area contributed by atoms with E-state index >= 15 is 0 Å². The fraction of sp³-hybridized carbons (Fsp3) is 0.417. The minimum Gasteiger partial charge on any atom is -0.368 e. The monoisotopic (exact) mass is 203 g/mol. The van der Waals surface area contributed by atoms with Crippen molar-refractivity contribution >= 4 is 12.0 Å². The first kappa shape index (κ1) is 10.0. The van der Waals surface area contributed by atoms with Gasteiger partial charge in [-0.05, 0) is 19.1 Å². The fourth-order valence-corrected chi connectivity index (χ4v) is 1.86. The Hall–Kier alpha value is -1.51. The van der Waals surface area contributed by atoms with Crippen molar-refractivity contribution in [2.24, 2.45) is 0 Å². The Morgan fingerprint density at radius 3 is 2.20 bits per heavy atom. The summed E-state index contributed by atoms with van der Waals surface area (Å²) in [7, 11) is 0. The van der Waals surface area contributed by atoms with Crippen LogP contribution >= 0.6 is 0 Å². The smallest absolute Gasteiger partial charge is 0.0818 e. The van der Waals surface area contributed by atoms with Gasteiger partial charge in [0.2, 0.25) is 0 Å². The van der Waals surface area contributed by atoms with E-state index in [9.17, 15) is 0 Å². The van der Waals surface area contributed by atoms with E-state index < -0.39 is 0 Å². The number of hydrogen-bond donors (Lipinski definition) is 1. The molecule has 2 rings (SSSR count). The van der Waals surface area contributed by atoms with E-state index in [1.165, 1.54) is 17.6 Å². The standard InChI is InChI=1S/C12H17N3/c1-11-2-4-12(5-3-11)15-8-6-14(10-13)7-9-15/h2-5,10,13H,6-9H2,1H3. The van der Waals surface area contributed by atoms with Crippen LogP contribution in [0, 0.1) is 12.3 Å². The lowest BCUT2D eigenvalue weighted by molar-refractivity contribution is 0.394. The molecule has 15 heavy (non-hydrogen) atoms. The second kappa shape index (κ2) is 4.34. The van der Waals surface area contributed by atoms with Gasteiger partial charge in [0.1, 0.15) is 0 Å². The molecule has 0 aliphatic carbocycles. The minimum absolute atomic E-state index is 0.956. The Morgan fingerprint density at radius 2 is 1.67 bits per heavy atom. The second-order valence-corrected chi connectivity index (χ2v) is 3.99. The van der Waals surface area contributed by atoms with Crippen LogP contribution < -0.4 is 4.90 Å². The molecule has 0 unspecified atom stereocenters. The van der Waals surface area contributed by atoms with Crippen LogP contribution in [-0.4, -0.2) is 37.4 Å². The zero-order valence-electron chi connectivity index (χ0n) is 9.11. The Bertz CT molecular complexity index is 323. The molecule has 1 fully saturated rings. The van der Waals surface area contributed by atoms with Crippen molar-refractivity contribution in [3.8, 4) is 0 Å². The van der Waals surface area contributed by atoms with E-state index in [1.807, 2.05) is 4.90 Å². The van der Waals surface area contributed by atoms with E-state index in [-0.39, 0.29) is 0 Å². The van der Waals surface area contributed by atoms with Crippen LogP contribution in [0.3, 0.4) is 0 Å². The maximum Gasteiger partial charge on any atom is 0.0818 e. The quantitative estimate of drug-likeness (QED) is 0.586. The van der Waals surface area contributed by atoms with Crippen molar-refractivity contribution < 1.29 is 0 Å². The van der Waals surface area contributed by atoms with Gasteiger partial charge < -0.3 is 9.80 Å². The predicted molar refractivity (Wildman–Crippen MR) is 63.7 cm³/mol. The van der Waals surface area contributed by atoms with Gasteiger partial charge in [-0.25, -0.2) is 0 Å². The molecule has 1 saturated heterocycles. The molecule has 3 nitrogen and oxygen atoms in total. The van der Waals surface area contributed by atoms with Crippen molar-refractivity contribution in [1.82, 2.24) is 4.90 Å². The van der Waals surface area contributed by atoms with Crippen molar-refractivity contribution in [1.29, 1.82) is 5.41 Å². The molecule has 0 amide bonds. The maximum atomic E-state index is 7.18. The molecular weight excluding hydrogens is 186 g/mol. The number of nitrogens with zero attached hydrogens (tertiary/aromatic N) is 2. The van der Waals surface area contributed by atoms with Crippen LogP contribution in [0.4, 0.5) is 5.69 Å². The van der Waals surface area contributed by atoms with Crippen LogP contribution in [0.2, 0.25) is 0 Å². The van der Waals surface area contributed by atoms with Crippen LogP contribution in [0.15, 0.2) is 24.3 Å². The van der Waals surface area contributed by atoms with Gasteiger partial charge in [-0.3, -0.25) is 5.41 Å². The van der Waals surface area contributed by atoms with Crippen LogP contribution in [0.25, 0.3) is 0 Å². The van der Waals surface area contributed by atoms with E-state index in [4.69, 9.17) is 5.41 Å². The van der Waals surface area contributed by atoms with Crippen molar-refractivity contribution in [3.63, 3.8) is 0 Å². The Balaban J connectivity index is 2.01. The summed E-state index contributed by atoms with van der Waals surface area (Å²) in [6, 6.07) is 8.65. The summed E-state index contributed by atoms with van der Waals surface area (Å²) in [5.41, 5.74) is 2.60. The van der Waals surface area contributed by atoms with Gasteiger partial charge in [-0.15, -0.1) is 0 Å². The molecule has 0 bridgehead atoms. The molecule has 1 aromatic rings. The van der Waals surface area contributed by atoms with Gasteiger partial charge in [-0.1, -0.05) is 17.7 Å². The van der Waals surface area contributed by atoms with Crippen LogP contribution in [0.1, 0.15) is 5.56 Å². The lowest BCUT2D eigenvalue weighted by Crippen LogP contribution is -2.45. The number of hydrogen-bond acceptors (Lipinski definition) is 2. The first-order valence-electron chi connectivity index (χ1n) is 5.36. The highest BCUT2D eigenvalue weighted by molar-refractivity contribution is 5.53. The molecule has 1 aromatic carbocycles.